The van der Waals surface area contributed by atoms with Crippen LogP contribution in [0.1, 0.15) is 43.0 Å². The van der Waals surface area contributed by atoms with E-state index in [1.165, 1.54) is 12.8 Å². The van der Waals surface area contributed by atoms with Crippen LogP contribution in [0, 0.1) is 5.92 Å². The molecule has 11 heteroatoms. The fourth-order valence-electron chi connectivity index (χ4n) is 6.75. The van der Waals surface area contributed by atoms with Crippen LogP contribution in [0.4, 0.5) is 0 Å². The number of pyridine rings is 2. The molecule has 0 bridgehead atoms. The molecule has 2 atom stereocenters. The number of methoxy groups -OCH3 is 1. The molecule has 0 unspecified atom stereocenters. The SMILES string of the molecule is COc1cc(C(=O)N2C[C@H](N)CC[C@@H]2C)cc2nc(-c3cc4ccc(-c5cccnc5-c5cncs5)nc4n3CC3CC3)n(C)c12. The summed E-state index contributed by atoms with van der Waals surface area (Å²) < 4.78 is 10.3. The molecule has 234 valence electrons. The lowest BCUT2D eigenvalue weighted by molar-refractivity contribution is 0.0612. The van der Waals surface area contributed by atoms with E-state index in [9.17, 15) is 4.79 Å². The van der Waals surface area contributed by atoms with Crippen molar-refractivity contribution in [2.45, 2.75) is 51.2 Å². The summed E-state index contributed by atoms with van der Waals surface area (Å²) in [5.74, 6) is 1.99. The van der Waals surface area contributed by atoms with Gasteiger partial charge in [0, 0.05) is 61.1 Å². The van der Waals surface area contributed by atoms with E-state index < -0.39 is 0 Å². The molecule has 1 saturated heterocycles. The van der Waals surface area contributed by atoms with Crippen molar-refractivity contribution in [2.24, 2.45) is 18.7 Å². The van der Waals surface area contributed by atoms with Gasteiger partial charge in [0.1, 0.15) is 16.9 Å². The maximum Gasteiger partial charge on any atom is 0.254 e. The standard InChI is InChI=1S/C35H36N8O2S/c1-20-6-10-24(36)18-42(20)35(44)23-13-27-32(29(15-23)45-3)41(2)34(40-27)28-14-22-9-11-26(39-33(22)43(28)17-21-7-8-21)25-5-4-12-38-31(25)30-16-37-19-46-30/h4-5,9,11-16,19-21,24H,6-8,10,17-18,36H2,1-3H3/t20-,24+/m0/s1. The molecule has 1 aliphatic carbocycles. The Labute approximate surface area is 270 Å². The highest BCUT2D eigenvalue weighted by atomic mass is 32.1. The van der Waals surface area contributed by atoms with Crippen molar-refractivity contribution in [3.63, 3.8) is 0 Å². The van der Waals surface area contributed by atoms with Crippen LogP contribution in [-0.2, 0) is 13.6 Å². The molecule has 2 N–H and O–H groups in total. The number of thiazole rings is 1. The minimum Gasteiger partial charge on any atom is -0.494 e. The van der Waals surface area contributed by atoms with Crippen LogP contribution in [0.3, 0.4) is 0 Å². The molecular formula is C35H36N8O2S. The average molecular weight is 633 g/mol. The van der Waals surface area contributed by atoms with Crippen molar-refractivity contribution in [1.29, 1.82) is 0 Å². The van der Waals surface area contributed by atoms with E-state index in [2.05, 4.69) is 50.3 Å². The number of hydrogen-bond donors (Lipinski definition) is 1. The van der Waals surface area contributed by atoms with Crippen molar-refractivity contribution in [1.82, 2.24) is 34.0 Å². The molecule has 6 aromatic rings. The summed E-state index contributed by atoms with van der Waals surface area (Å²) in [6.07, 6.45) is 7.90. The summed E-state index contributed by atoms with van der Waals surface area (Å²) in [6.45, 7) is 3.50. The smallest absolute Gasteiger partial charge is 0.254 e. The first kappa shape index (κ1) is 28.8. The molecule has 0 spiro atoms. The zero-order valence-corrected chi connectivity index (χ0v) is 27.0. The zero-order valence-electron chi connectivity index (χ0n) is 26.2. The van der Waals surface area contributed by atoms with Gasteiger partial charge in [-0.25, -0.2) is 9.97 Å². The first-order chi connectivity index (χ1) is 22.4. The number of carbonyl (C=O) groups is 1. The van der Waals surface area contributed by atoms with E-state index in [0.29, 0.717) is 23.8 Å². The van der Waals surface area contributed by atoms with Crippen LogP contribution >= 0.6 is 11.3 Å². The number of aromatic nitrogens is 6. The Morgan fingerprint density at radius 2 is 1.98 bits per heavy atom. The van der Waals surface area contributed by atoms with Crippen molar-refractivity contribution in [2.75, 3.05) is 13.7 Å². The largest absolute Gasteiger partial charge is 0.494 e. The number of carbonyl (C=O) groups excluding carboxylic acids is 1. The fourth-order valence-corrected chi connectivity index (χ4v) is 7.38. The predicted octanol–water partition coefficient (Wildman–Crippen LogP) is 6.15. The van der Waals surface area contributed by atoms with Gasteiger partial charge in [0.25, 0.3) is 5.91 Å². The van der Waals surface area contributed by atoms with E-state index in [1.807, 2.05) is 48.1 Å². The third-order valence-corrected chi connectivity index (χ3v) is 10.2. The molecule has 10 nitrogen and oxygen atoms in total. The van der Waals surface area contributed by atoms with Crippen LogP contribution in [-0.4, -0.2) is 65.6 Å². The topological polar surface area (TPSA) is 117 Å². The molecule has 2 aliphatic rings. The van der Waals surface area contributed by atoms with Gasteiger partial charge in [-0.2, -0.15) is 0 Å². The molecule has 8 rings (SSSR count). The number of fused-ring (bicyclic) bond motifs is 2. The highest BCUT2D eigenvalue weighted by molar-refractivity contribution is 7.13. The first-order valence-electron chi connectivity index (χ1n) is 15.9. The lowest BCUT2D eigenvalue weighted by Crippen LogP contribution is -2.50. The Morgan fingerprint density at radius 3 is 2.76 bits per heavy atom. The molecular weight excluding hydrogens is 597 g/mol. The van der Waals surface area contributed by atoms with E-state index in [-0.39, 0.29) is 18.0 Å². The number of aryl methyl sites for hydroxylation is 1. The van der Waals surface area contributed by atoms with E-state index in [4.69, 9.17) is 20.4 Å². The molecule has 0 radical (unpaired) electrons. The number of rotatable bonds is 7. The minimum absolute atomic E-state index is 0.00723. The summed E-state index contributed by atoms with van der Waals surface area (Å²) in [5.41, 5.74) is 14.8. The fraction of sp³-hybridized carbons (Fsp3) is 0.343. The zero-order chi connectivity index (χ0) is 31.5. The number of piperidine rings is 1. The van der Waals surface area contributed by atoms with E-state index in [0.717, 1.165) is 74.8 Å². The van der Waals surface area contributed by atoms with Crippen LogP contribution in [0.5, 0.6) is 5.75 Å². The number of ether oxygens (including phenoxy) is 1. The second kappa shape index (κ2) is 11.3. The Balaban J connectivity index is 1.25. The van der Waals surface area contributed by atoms with Gasteiger partial charge >= 0.3 is 0 Å². The van der Waals surface area contributed by atoms with Gasteiger partial charge in [0.15, 0.2) is 5.82 Å². The number of nitrogens with zero attached hydrogens (tertiary/aromatic N) is 7. The molecule has 1 aliphatic heterocycles. The molecule has 46 heavy (non-hydrogen) atoms. The van der Waals surface area contributed by atoms with Gasteiger partial charge in [-0.05, 0) is 81.0 Å². The van der Waals surface area contributed by atoms with Crippen LogP contribution < -0.4 is 10.5 Å². The Bertz CT molecular complexity index is 2100. The van der Waals surface area contributed by atoms with Crippen molar-refractivity contribution in [3.8, 4) is 39.1 Å². The highest BCUT2D eigenvalue weighted by Crippen LogP contribution is 2.39. The minimum atomic E-state index is -0.0391. The Kier molecular flexibility index (Phi) is 7.10. The molecule has 1 aromatic carbocycles. The van der Waals surface area contributed by atoms with Crippen LogP contribution in [0.25, 0.3) is 55.4 Å². The normalized spacial score (nSPS) is 18.5. The quantitative estimate of drug-likeness (QED) is 0.225. The van der Waals surface area contributed by atoms with Gasteiger partial charge in [0.05, 0.1) is 40.1 Å². The summed E-state index contributed by atoms with van der Waals surface area (Å²) in [6, 6.07) is 14.3. The van der Waals surface area contributed by atoms with Crippen molar-refractivity contribution in [3.05, 3.63) is 65.9 Å². The number of likely N-dealkylation sites (tertiary alicyclic amines) is 1. The maximum absolute atomic E-state index is 13.7. The number of hydrogen-bond acceptors (Lipinski definition) is 8. The number of imidazole rings is 1. The predicted molar refractivity (Wildman–Crippen MR) is 181 cm³/mol. The van der Waals surface area contributed by atoms with Gasteiger partial charge < -0.3 is 24.5 Å². The van der Waals surface area contributed by atoms with Crippen LogP contribution in [0.2, 0.25) is 0 Å². The monoisotopic (exact) mass is 632 g/mol. The Morgan fingerprint density at radius 1 is 1.11 bits per heavy atom. The highest BCUT2D eigenvalue weighted by Gasteiger charge is 2.30. The average Bonchev–Trinajstić information content (AvgIpc) is 3.43. The second-order valence-electron chi connectivity index (χ2n) is 12.6. The third kappa shape index (κ3) is 4.94. The first-order valence-corrected chi connectivity index (χ1v) is 16.7. The summed E-state index contributed by atoms with van der Waals surface area (Å²) in [5, 5.41) is 1.05. The van der Waals surface area contributed by atoms with Gasteiger partial charge in [0.2, 0.25) is 0 Å². The van der Waals surface area contributed by atoms with E-state index >= 15 is 0 Å². The number of nitrogens with two attached hydrogens (primary N) is 1. The van der Waals surface area contributed by atoms with E-state index in [1.54, 1.807) is 18.4 Å². The molecule has 2 fully saturated rings. The summed E-state index contributed by atoms with van der Waals surface area (Å²) in [4.78, 5) is 36.0. The summed E-state index contributed by atoms with van der Waals surface area (Å²) in [7, 11) is 3.65. The summed E-state index contributed by atoms with van der Waals surface area (Å²) >= 11 is 1.57. The van der Waals surface area contributed by atoms with Gasteiger partial charge in [-0.15, -0.1) is 11.3 Å². The maximum atomic E-state index is 13.7. The van der Waals surface area contributed by atoms with Crippen molar-refractivity contribution >= 4 is 39.3 Å². The van der Waals surface area contributed by atoms with Crippen LogP contribution in [0.15, 0.2) is 60.4 Å². The molecule has 5 aromatic heterocycles. The molecule has 1 amide bonds. The third-order valence-electron chi connectivity index (χ3n) is 9.44. The lowest BCUT2D eigenvalue weighted by atomic mass is 9.99. The number of amides is 1. The number of benzene rings is 1. The van der Waals surface area contributed by atoms with Crippen molar-refractivity contribution < 1.29 is 9.53 Å². The Hall–Kier alpha value is -4.61. The lowest BCUT2D eigenvalue weighted by Gasteiger charge is -2.36. The second-order valence-corrected chi connectivity index (χ2v) is 13.5. The molecule has 1 saturated carbocycles. The van der Waals surface area contributed by atoms with Gasteiger partial charge in [-0.3, -0.25) is 14.8 Å². The molecule has 6 heterocycles. The van der Waals surface area contributed by atoms with Gasteiger partial charge in [-0.1, -0.05) is 0 Å².